The van der Waals surface area contributed by atoms with Gasteiger partial charge in [0, 0.05) is 28.6 Å². The van der Waals surface area contributed by atoms with Crippen molar-refractivity contribution in [3.63, 3.8) is 0 Å². The van der Waals surface area contributed by atoms with Gasteiger partial charge >= 0.3 is 0 Å². The maximum atomic E-state index is 12.2. The molecular weight excluding hydrogens is 280 g/mol. The second kappa shape index (κ2) is 6.59. The molecule has 0 aliphatic carbocycles. The third-order valence-corrected chi connectivity index (χ3v) is 4.63. The number of hydrogen-bond acceptors (Lipinski definition) is 3. The van der Waals surface area contributed by atoms with Gasteiger partial charge in [0.2, 0.25) is 5.91 Å². The maximum absolute atomic E-state index is 12.2. The van der Waals surface area contributed by atoms with E-state index in [1.807, 2.05) is 44.3 Å². The van der Waals surface area contributed by atoms with Crippen molar-refractivity contribution >= 4 is 29.0 Å². The van der Waals surface area contributed by atoms with Gasteiger partial charge in [-0.25, -0.2) is 0 Å². The first-order chi connectivity index (χ1) is 9.97. The van der Waals surface area contributed by atoms with Crippen LogP contribution in [0.5, 0.6) is 0 Å². The summed E-state index contributed by atoms with van der Waals surface area (Å²) < 4.78 is 0. The van der Waals surface area contributed by atoms with Crippen LogP contribution < -0.4 is 5.73 Å². The molecule has 1 aromatic carbocycles. The summed E-state index contributed by atoms with van der Waals surface area (Å²) in [6.45, 7) is 4.12. The van der Waals surface area contributed by atoms with Gasteiger partial charge in [-0.15, -0.1) is 11.3 Å². The number of hydrogen-bond donors (Lipinski definition) is 1. The van der Waals surface area contributed by atoms with Crippen molar-refractivity contribution in [2.45, 2.75) is 19.9 Å². The van der Waals surface area contributed by atoms with E-state index in [4.69, 9.17) is 5.73 Å². The summed E-state index contributed by atoms with van der Waals surface area (Å²) in [6.07, 6.45) is 3.41. The minimum atomic E-state index is -0.00891. The van der Waals surface area contributed by atoms with Crippen molar-refractivity contribution in [2.24, 2.45) is 0 Å². The zero-order valence-corrected chi connectivity index (χ0v) is 13.4. The molecule has 2 aromatic rings. The number of carbonyl (C=O) groups is 1. The summed E-state index contributed by atoms with van der Waals surface area (Å²) >= 11 is 1.73. The standard InChI is InChI=1S/C17H20N2OS/c1-12-4-10-16(21-12)13(2)19(3)17(20)11-7-14-5-8-15(18)9-6-14/h4-11,13H,18H2,1-3H3/b11-7+. The smallest absolute Gasteiger partial charge is 0.246 e. The Hall–Kier alpha value is -2.07. The van der Waals surface area contributed by atoms with Crippen LogP contribution in [0.1, 0.15) is 28.3 Å². The Bertz CT molecular complexity index is 643. The van der Waals surface area contributed by atoms with Crippen LogP contribution in [0.2, 0.25) is 0 Å². The second-order valence-corrected chi connectivity index (χ2v) is 6.39. The fourth-order valence-corrected chi connectivity index (χ4v) is 2.92. The number of nitrogen functional groups attached to an aromatic ring is 1. The number of anilines is 1. The third-order valence-electron chi connectivity index (χ3n) is 3.46. The van der Waals surface area contributed by atoms with Gasteiger partial charge in [-0.1, -0.05) is 12.1 Å². The number of nitrogens with zero attached hydrogens (tertiary/aromatic N) is 1. The average molecular weight is 300 g/mol. The van der Waals surface area contributed by atoms with E-state index in [1.54, 1.807) is 22.3 Å². The molecule has 0 aliphatic rings. The van der Waals surface area contributed by atoms with Gasteiger partial charge in [0.1, 0.15) is 0 Å². The van der Waals surface area contributed by atoms with Gasteiger partial charge < -0.3 is 10.6 Å². The van der Waals surface area contributed by atoms with Gasteiger partial charge in [0.25, 0.3) is 0 Å². The van der Waals surface area contributed by atoms with Crippen LogP contribution in [-0.4, -0.2) is 17.9 Å². The van der Waals surface area contributed by atoms with Crippen LogP contribution in [0.25, 0.3) is 6.08 Å². The monoisotopic (exact) mass is 300 g/mol. The molecule has 0 saturated carbocycles. The highest BCUT2D eigenvalue weighted by atomic mass is 32.1. The van der Waals surface area contributed by atoms with E-state index < -0.39 is 0 Å². The lowest BCUT2D eigenvalue weighted by molar-refractivity contribution is -0.126. The van der Waals surface area contributed by atoms with E-state index >= 15 is 0 Å². The number of aryl methyl sites for hydroxylation is 1. The molecule has 0 radical (unpaired) electrons. The Kier molecular flexibility index (Phi) is 4.81. The highest BCUT2D eigenvalue weighted by molar-refractivity contribution is 7.12. The first-order valence-electron chi connectivity index (χ1n) is 6.84. The van der Waals surface area contributed by atoms with E-state index in [0.29, 0.717) is 0 Å². The van der Waals surface area contributed by atoms with Gasteiger partial charge in [-0.2, -0.15) is 0 Å². The number of nitrogens with two attached hydrogens (primary N) is 1. The fourth-order valence-electron chi connectivity index (χ4n) is 1.95. The Morgan fingerprint density at radius 2 is 1.90 bits per heavy atom. The van der Waals surface area contributed by atoms with Gasteiger partial charge in [-0.05, 0) is 49.8 Å². The molecule has 1 amide bonds. The maximum Gasteiger partial charge on any atom is 0.246 e. The van der Waals surface area contributed by atoms with Crippen LogP contribution in [-0.2, 0) is 4.79 Å². The molecular formula is C17H20N2OS. The number of thiophene rings is 1. The van der Waals surface area contributed by atoms with Crippen molar-refractivity contribution in [1.82, 2.24) is 4.90 Å². The third kappa shape index (κ3) is 3.95. The van der Waals surface area contributed by atoms with Crippen LogP contribution in [0.15, 0.2) is 42.5 Å². The van der Waals surface area contributed by atoms with E-state index in [9.17, 15) is 4.79 Å². The summed E-state index contributed by atoms with van der Waals surface area (Å²) in [5.41, 5.74) is 7.32. The van der Waals surface area contributed by atoms with Crippen molar-refractivity contribution in [3.05, 3.63) is 57.8 Å². The average Bonchev–Trinajstić information content (AvgIpc) is 2.91. The Balaban J connectivity index is 2.03. The molecule has 2 rings (SSSR count). The molecule has 21 heavy (non-hydrogen) atoms. The molecule has 4 heteroatoms. The first kappa shape index (κ1) is 15.3. The minimum Gasteiger partial charge on any atom is -0.399 e. The Morgan fingerprint density at radius 1 is 1.24 bits per heavy atom. The fraction of sp³-hybridized carbons (Fsp3) is 0.235. The van der Waals surface area contributed by atoms with Crippen LogP contribution in [0.3, 0.4) is 0 Å². The van der Waals surface area contributed by atoms with Crippen LogP contribution >= 0.6 is 11.3 Å². The minimum absolute atomic E-state index is 0.00891. The number of amides is 1. The molecule has 0 spiro atoms. The molecule has 1 atom stereocenters. The highest BCUT2D eigenvalue weighted by Gasteiger charge is 2.16. The Morgan fingerprint density at radius 3 is 2.48 bits per heavy atom. The number of likely N-dealkylation sites (N-methyl/N-ethyl adjacent to an activating group) is 1. The summed E-state index contributed by atoms with van der Waals surface area (Å²) in [6, 6.07) is 11.7. The van der Waals surface area contributed by atoms with Gasteiger partial charge in [-0.3, -0.25) is 4.79 Å². The largest absolute Gasteiger partial charge is 0.399 e. The predicted octanol–water partition coefficient (Wildman–Crippen LogP) is 3.87. The first-order valence-corrected chi connectivity index (χ1v) is 7.66. The quantitative estimate of drug-likeness (QED) is 0.688. The van der Waals surface area contributed by atoms with E-state index in [2.05, 4.69) is 19.1 Å². The zero-order valence-electron chi connectivity index (χ0n) is 12.5. The van der Waals surface area contributed by atoms with E-state index in [-0.39, 0.29) is 11.9 Å². The summed E-state index contributed by atoms with van der Waals surface area (Å²) in [5.74, 6) is -0.00891. The summed E-state index contributed by atoms with van der Waals surface area (Å²) in [7, 11) is 1.83. The van der Waals surface area contributed by atoms with Gasteiger partial charge in [0.05, 0.1) is 6.04 Å². The normalized spacial score (nSPS) is 12.5. The SMILES string of the molecule is Cc1ccc(C(C)N(C)C(=O)/C=C/c2ccc(N)cc2)s1. The molecule has 0 aliphatic heterocycles. The zero-order chi connectivity index (χ0) is 15.4. The van der Waals surface area contributed by atoms with Crippen LogP contribution in [0.4, 0.5) is 5.69 Å². The lowest BCUT2D eigenvalue weighted by atomic mass is 10.2. The van der Waals surface area contributed by atoms with Crippen molar-refractivity contribution < 1.29 is 4.79 Å². The molecule has 0 fully saturated rings. The molecule has 1 aromatic heterocycles. The summed E-state index contributed by atoms with van der Waals surface area (Å²) in [4.78, 5) is 16.4. The molecule has 2 N–H and O–H groups in total. The van der Waals surface area contributed by atoms with Crippen molar-refractivity contribution in [3.8, 4) is 0 Å². The lowest BCUT2D eigenvalue weighted by Gasteiger charge is -2.22. The summed E-state index contributed by atoms with van der Waals surface area (Å²) in [5, 5.41) is 0. The lowest BCUT2D eigenvalue weighted by Crippen LogP contribution is -2.27. The van der Waals surface area contributed by atoms with E-state index in [1.165, 1.54) is 9.75 Å². The second-order valence-electron chi connectivity index (χ2n) is 5.07. The molecule has 3 nitrogen and oxygen atoms in total. The predicted molar refractivity (Wildman–Crippen MR) is 90.1 cm³/mol. The molecule has 110 valence electrons. The Labute approximate surface area is 129 Å². The number of benzene rings is 1. The molecule has 1 heterocycles. The molecule has 1 unspecified atom stereocenters. The highest BCUT2D eigenvalue weighted by Crippen LogP contribution is 2.26. The van der Waals surface area contributed by atoms with Crippen molar-refractivity contribution in [1.29, 1.82) is 0 Å². The van der Waals surface area contributed by atoms with Crippen molar-refractivity contribution in [2.75, 3.05) is 12.8 Å². The van der Waals surface area contributed by atoms with E-state index in [0.717, 1.165) is 11.3 Å². The molecule has 0 saturated heterocycles. The van der Waals surface area contributed by atoms with Crippen LogP contribution in [0, 0.1) is 6.92 Å². The topological polar surface area (TPSA) is 46.3 Å². The number of rotatable bonds is 4. The number of carbonyl (C=O) groups excluding carboxylic acids is 1. The van der Waals surface area contributed by atoms with Gasteiger partial charge in [0.15, 0.2) is 0 Å². The molecule has 0 bridgehead atoms.